The van der Waals surface area contributed by atoms with Crippen LogP contribution >= 0.6 is 0 Å². The molecule has 0 radical (unpaired) electrons. The Bertz CT molecular complexity index is 1390. The zero-order valence-corrected chi connectivity index (χ0v) is 18.4. The van der Waals surface area contributed by atoms with Gasteiger partial charge in [0.25, 0.3) is 5.91 Å². The van der Waals surface area contributed by atoms with Crippen molar-refractivity contribution < 1.29 is 31.1 Å². The fourth-order valence-electron chi connectivity index (χ4n) is 3.38. The van der Waals surface area contributed by atoms with Crippen LogP contribution in [0.1, 0.15) is 34.4 Å². The van der Waals surface area contributed by atoms with Gasteiger partial charge in [-0.05, 0) is 44.2 Å². The summed E-state index contributed by atoms with van der Waals surface area (Å²) in [5, 5.41) is 10.5. The molecular formula is C22H18F6N6O. The van der Waals surface area contributed by atoms with E-state index in [0.29, 0.717) is 23.9 Å². The quantitative estimate of drug-likeness (QED) is 0.395. The maximum atomic E-state index is 14.4. The van der Waals surface area contributed by atoms with E-state index < -0.39 is 40.9 Å². The van der Waals surface area contributed by atoms with Gasteiger partial charge in [-0.3, -0.25) is 9.48 Å². The average molecular weight is 496 g/mol. The summed E-state index contributed by atoms with van der Waals surface area (Å²) in [4.78, 5) is 16.7. The summed E-state index contributed by atoms with van der Waals surface area (Å²) in [5.41, 5.74) is -1.16. The van der Waals surface area contributed by atoms with Crippen LogP contribution in [0.4, 0.5) is 26.3 Å². The molecule has 4 rings (SSSR count). The van der Waals surface area contributed by atoms with Crippen molar-refractivity contribution in [3.8, 4) is 11.3 Å². The molecule has 4 aromatic rings. The van der Waals surface area contributed by atoms with E-state index in [-0.39, 0.29) is 22.3 Å². The Kier molecular flexibility index (Phi) is 6.03. The Morgan fingerprint density at radius 3 is 2.34 bits per heavy atom. The zero-order chi connectivity index (χ0) is 25.5. The number of nitrogens with one attached hydrogen (secondary N) is 1. The Morgan fingerprint density at radius 1 is 1.06 bits per heavy atom. The smallest absolute Gasteiger partial charge is 0.346 e. The van der Waals surface area contributed by atoms with Crippen LogP contribution in [0.25, 0.3) is 16.9 Å². The van der Waals surface area contributed by atoms with Gasteiger partial charge in [-0.15, -0.1) is 0 Å². The van der Waals surface area contributed by atoms with Crippen molar-refractivity contribution in [2.24, 2.45) is 0 Å². The molecule has 0 fully saturated rings. The van der Waals surface area contributed by atoms with Crippen molar-refractivity contribution in [3.63, 3.8) is 0 Å². The summed E-state index contributed by atoms with van der Waals surface area (Å²) in [6.07, 6.45) is -4.22. The Balaban J connectivity index is 1.75. The number of carbonyl (C=O) groups excluding carboxylic acids is 1. The van der Waals surface area contributed by atoms with Gasteiger partial charge in [0.2, 0.25) is 0 Å². The second-order valence-electron chi connectivity index (χ2n) is 7.68. The maximum Gasteiger partial charge on any atom is 0.459 e. The zero-order valence-electron chi connectivity index (χ0n) is 18.4. The minimum atomic E-state index is -5.94. The van der Waals surface area contributed by atoms with Crippen LogP contribution in [-0.2, 0) is 19.0 Å². The second-order valence-corrected chi connectivity index (χ2v) is 7.68. The monoisotopic (exact) mass is 496 g/mol. The van der Waals surface area contributed by atoms with Gasteiger partial charge in [-0.2, -0.15) is 32.1 Å². The first-order chi connectivity index (χ1) is 16.4. The number of hydrogen-bond acceptors (Lipinski definition) is 4. The van der Waals surface area contributed by atoms with Crippen LogP contribution in [-0.4, -0.2) is 36.5 Å². The van der Waals surface area contributed by atoms with E-state index in [1.165, 1.54) is 12.1 Å². The molecule has 0 aliphatic rings. The molecule has 0 saturated heterocycles. The molecule has 13 heteroatoms. The van der Waals surface area contributed by atoms with Crippen LogP contribution in [0.5, 0.6) is 0 Å². The molecule has 1 aromatic carbocycles. The van der Waals surface area contributed by atoms with E-state index in [4.69, 9.17) is 0 Å². The number of aryl methyl sites for hydroxylation is 2. The molecule has 0 saturated carbocycles. The number of halogens is 6. The van der Waals surface area contributed by atoms with Gasteiger partial charge in [0.05, 0.1) is 11.4 Å². The number of hydrogen-bond donors (Lipinski definition) is 1. The third kappa shape index (κ3) is 4.57. The molecule has 35 heavy (non-hydrogen) atoms. The minimum absolute atomic E-state index is 0.0400. The average Bonchev–Trinajstić information content (AvgIpc) is 3.39. The number of fused-ring (bicyclic) bond motifs is 1. The van der Waals surface area contributed by atoms with E-state index in [2.05, 4.69) is 20.5 Å². The fourth-order valence-corrected chi connectivity index (χ4v) is 3.38. The number of aromatic nitrogens is 5. The number of alkyl halides is 5. The minimum Gasteiger partial charge on any atom is -0.346 e. The summed E-state index contributed by atoms with van der Waals surface area (Å²) in [7, 11) is 0. The van der Waals surface area contributed by atoms with Crippen molar-refractivity contribution in [3.05, 3.63) is 71.1 Å². The molecule has 7 nitrogen and oxygen atoms in total. The van der Waals surface area contributed by atoms with Crippen molar-refractivity contribution in [2.75, 3.05) is 0 Å². The summed E-state index contributed by atoms with van der Waals surface area (Å²) < 4.78 is 83.8. The van der Waals surface area contributed by atoms with Crippen molar-refractivity contribution in [1.29, 1.82) is 0 Å². The van der Waals surface area contributed by atoms with Crippen LogP contribution in [0.15, 0.2) is 42.6 Å². The number of rotatable bonds is 6. The summed E-state index contributed by atoms with van der Waals surface area (Å²) in [5.74, 6) is -6.74. The van der Waals surface area contributed by atoms with Gasteiger partial charge >= 0.3 is 12.1 Å². The van der Waals surface area contributed by atoms with Gasteiger partial charge < -0.3 is 5.32 Å². The summed E-state index contributed by atoms with van der Waals surface area (Å²) in [6.45, 7) is 4.27. The fraction of sp³-hybridized carbons (Fsp3) is 0.273. The van der Waals surface area contributed by atoms with Crippen LogP contribution in [0.2, 0.25) is 0 Å². The van der Waals surface area contributed by atoms with Gasteiger partial charge in [0.1, 0.15) is 11.5 Å². The third-order valence-electron chi connectivity index (χ3n) is 5.29. The predicted molar refractivity (Wildman–Crippen MR) is 112 cm³/mol. The van der Waals surface area contributed by atoms with Gasteiger partial charge in [0, 0.05) is 36.5 Å². The van der Waals surface area contributed by atoms with E-state index in [1.54, 1.807) is 17.8 Å². The molecule has 0 unspecified atom stereocenters. The highest BCUT2D eigenvalue weighted by atomic mass is 19.4. The largest absolute Gasteiger partial charge is 0.459 e. The molecule has 1 amide bonds. The van der Waals surface area contributed by atoms with E-state index >= 15 is 0 Å². The molecule has 1 N–H and O–H groups in total. The Labute approximate surface area is 194 Å². The number of carbonyl (C=O) groups is 1. The molecular weight excluding hydrogens is 478 g/mol. The normalized spacial score (nSPS) is 12.3. The number of amides is 1. The first kappa shape index (κ1) is 24.2. The molecule has 184 valence electrons. The molecule has 3 heterocycles. The lowest BCUT2D eigenvalue weighted by molar-refractivity contribution is -0.291. The Morgan fingerprint density at radius 2 is 1.74 bits per heavy atom. The maximum absolute atomic E-state index is 14.4. The highest BCUT2D eigenvalue weighted by Gasteiger charge is 2.60. The Hall–Kier alpha value is -3.90. The van der Waals surface area contributed by atoms with Gasteiger partial charge in [0.15, 0.2) is 11.3 Å². The number of nitrogens with zero attached hydrogens (tertiary/aromatic N) is 5. The molecule has 0 bridgehead atoms. The van der Waals surface area contributed by atoms with Crippen molar-refractivity contribution in [1.82, 2.24) is 29.7 Å². The highest BCUT2D eigenvalue weighted by Crippen LogP contribution is 2.44. The molecule has 3 aromatic heterocycles. The van der Waals surface area contributed by atoms with Gasteiger partial charge in [-0.1, -0.05) is 0 Å². The highest BCUT2D eigenvalue weighted by molar-refractivity contribution is 5.93. The predicted octanol–water partition coefficient (Wildman–Crippen LogP) is 4.64. The second kappa shape index (κ2) is 8.71. The molecule has 0 spiro atoms. The van der Waals surface area contributed by atoms with Crippen LogP contribution < -0.4 is 5.32 Å². The first-order valence-corrected chi connectivity index (χ1v) is 10.3. The van der Waals surface area contributed by atoms with Crippen LogP contribution in [0, 0.1) is 12.7 Å². The van der Waals surface area contributed by atoms with E-state index in [9.17, 15) is 31.1 Å². The molecule has 0 aliphatic carbocycles. The lowest BCUT2D eigenvalue weighted by atomic mass is 10.1. The molecule has 0 aliphatic heterocycles. The van der Waals surface area contributed by atoms with Crippen molar-refractivity contribution >= 4 is 11.6 Å². The third-order valence-corrected chi connectivity index (χ3v) is 5.29. The van der Waals surface area contributed by atoms with Gasteiger partial charge in [-0.25, -0.2) is 13.9 Å². The van der Waals surface area contributed by atoms with Crippen molar-refractivity contribution in [2.45, 2.75) is 39.0 Å². The summed E-state index contributed by atoms with van der Waals surface area (Å²) >= 11 is 0. The van der Waals surface area contributed by atoms with E-state index in [0.717, 1.165) is 18.2 Å². The molecule has 0 atom stereocenters. The lowest BCUT2D eigenvalue weighted by Gasteiger charge is -2.21. The standard InChI is InChI=1S/C22H18F6N6O/c1-3-33-11-14(12(2)31-33)10-29-20(35)17-9-19-30-16(13-4-6-15(23)7-5-13)8-18(34(19)32-17)21(24,25)22(26,27)28/h4-9,11H,3,10H2,1-2H3,(H,29,35). The summed E-state index contributed by atoms with van der Waals surface area (Å²) in [6, 6.07) is 5.92. The van der Waals surface area contributed by atoms with E-state index in [1.807, 2.05) is 6.92 Å². The lowest BCUT2D eigenvalue weighted by Crippen LogP contribution is -2.36. The van der Waals surface area contributed by atoms with Crippen LogP contribution in [0.3, 0.4) is 0 Å². The topological polar surface area (TPSA) is 77.1 Å². The number of benzene rings is 1. The SMILES string of the molecule is CCn1cc(CNC(=O)c2cc3nc(-c4ccc(F)cc4)cc(C(F)(F)C(F)(F)F)n3n2)c(C)n1. The first-order valence-electron chi connectivity index (χ1n) is 10.3.